The summed E-state index contributed by atoms with van der Waals surface area (Å²) in [5.41, 5.74) is 2.83. The molecule has 5 nitrogen and oxygen atoms in total. The number of methoxy groups -OCH3 is 1. The first kappa shape index (κ1) is 13.3. The van der Waals surface area contributed by atoms with Gasteiger partial charge in [0.05, 0.1) is 12.3 Å². The summed E-state index contributed by atoms with van der Waals surface area (Å²) in [6, 6.07) is 13.7. The van der Waals surface area contributed by atoms with Crippen LogP contribution < -0.4 is 9.42 Å². The van der Waals surface area contributed by atoms with Gasteiger partial charge in [-0.05, 0) is 43.3 Å². The van der Waals surface area contributed by atoms with E-state index in [-0.39, 0.29) is 0 Å². The van der Waals surface area contributed by atoms with Crippen LogP contribution in [-0.2, 0) is 6.54 Å². The molecule has 0 amide bonds. The predicted octanol–water partition coefficient (Wildman–Crippen LogP) is 2.25. The Balaban J connectivity index is 2.10. The van der Waals surface area contributed by atoms with E-state index in [4.69, 9.17) is 4.74 Å². The van der Waals surface area contributed by atoms with Gasteiger partial charge in [0.15, 0.2) is 11.9 Å². The fraction of sp³-hybridized carbons (Fsp3) is 0.188. The Morgan fingerprint density at radius 3 is 2.57 bits per heavy atom. The van der Waals surface area contributed by atoms with E-state index in [0.717, 1.165) is 29.4 Å². The van der Waals surface area contributed by atoms with Gasteiger partial charge in [-0.15, -0.1) is 4.68 Å². The second kappa shape index (κ2) is 5.75. The van der Waals surface area contributed by atoms with Gasteiger partial charge in [0.1, 0.15) is 18.0 Å². The van der Waals surface area contributed by atoms with Crippen LogP contribution in [0.2, 0.25) is 0 Å². The Kier molecular flexibility index (Phi) is 3.64. The monoisotopic (exact) mass is 281 g/mol. The maximum absolute atomic E-state index is 5.20. The molecule has 0 fully saturated rings. The highest BCUT2D eigenvalue weighted by atomic mass is 16.5. The average Bonchev–Trinajstić information content (AvgIpc) is 3.00. The summed E-state index contributed by atoms with van der Waals surface area (Å²) >= 11 is 0. The van der Waals surface area contributed by atoms with Gasteiger partial charge >= 0.3 is 0 Å². The second-order valence-electron chi connectivity index (χ2n) is 4.58. The first-order valence-corrected chi connectivity index (χ1v) is 6.87. The molecule has 0 N–H and O–H groups in total. The molecule has 0 aliphatic heterocycles. The van der Waals surface area contributed by atoms with Gasteiger partial charge in [-0.3, -0.25) is 4.98 Å². The number of aromatic nitrogens is 4. The summed E-state index contributed by atoms with van der Waals surface area (Å²) < 4.78 is 8.99. The summed E-state index contributed by atoms with van der Waals surface area (Å²) in [7, 11) is 1.66. The molecule has 2 heterocycles. The Hall–Kier alpha value is -2.69. The van der Waals surface area contributed by atoms with E-state index in [1.807, 2.05) is 58.0 Å². The van der Waals surface area contributed by atoms with Gasteiger partial charge < -0.3 is 4.74 Å². The zero-order chi connectivity index (χ0) is 14.7. The smallest absolute Gasteiger partial charge is 0.222 e. The van der Waals surface area contributed by atoms with Crippen LogP contribution in [0, 0.1) is 0 Å². The van der Waals surface area contributed by atoms with E-state index in [1.54, 1.807) is 13.3 Å². The molecule has 0 atom stereocenters. The van der Waals surface area contributed by atoms with Crippen molar-refractivity contribution in [2.75, 3.05) is 7.11 Å². The molecular weight excluding hydrogens is 264 g/mol. The molecule has 0 aliphatic carbocycles. The number of hydrogen-bond acceptors (Lipinski definition) is 3. The molecule has 106 valence electrons. The fourth-order valence-corrected chi connectivity index (χ4v) is 2.14. The summed E-state index contributed by atoms with van der Waals surface area (Å²) in [4.78, 5) is 4.42. The van der Waals surface area contributed by atoms with Crippen molar-refractivity contribution in [1.29, 1.82) is 0 Å². The first-order valence-electron chi connectivity index (χ1n) is 6.87. The van der Waals surface area contributed by atoms with Crippen LogP contribution in [0.3, 0.4) is 0 Å². The maximum Gasteiger partial charge on any atom is 0.222 e. The van der Waals surface area contributed by atoms with Crippen molar-refractivity contribution in [3.63, 3.8) is 0 Å². The Labute approximate surface area is 123 Å². The van der Waals surface area contributed by atoms with E-state index >= 15 is 0 Å². The second-order valence-corrected chi connectivity index (χ2v) is 4.58. The molecule has 0 bridgehead atoms. The molecular formula is C16H17N4O+. The van der Waals surface area contributed by atoms with Gasteiger partial charge in [-0.1, -0.05) is 10.7 Å². The highest BCUT2D eigenvalue weighted by Crippen LogP contribution is 2.20. The average molecular weight is 281 g/mol. The number of pyridine rings is 1. The molecule has 0 saturated carbocycles. The largest absolute Gasteiger partial charge is 0.497 e. The van der Waals surface area contributed by atoms with Crippen LogP contribution in [0.5, 0.6) is 5.75 Å². The zero-order valence-corrected chi connectivity index (χ0v) is 12.1. The maximum atomic E-state index is 5.20. The lowest BCUT2D eigenvalue weighted by Gasteiger charge is -2.01. The van der Waals surface area contributed by atoms with Gasteiger partial charge in [-0.2, -0.15) is 0 Å². The van der Waals surface area contributed by atoms with Crippen LogP contribution in [0.1, 0.15) is 6.92 Å². The minimum Gasteiger partial charge on any atom is -0.497 e. The third-order valence-corrected chi connectivity index (χ3v) is 3.27. The number of benzene rings is 1. The Morgan fingerprint density at radius 2 is 1.95 bits per heavy atom. The van der Waals surface area contributed by atoms with Crippen LogP contribution in [0.25, 0.3) is 17.1 Å². The standard InChI is InChI=1S/C16H17N4O/c1-3-19-12-16(15-6-4-5-11-17-15)20(18-19)13-7-9-14(21-2)10-8-13/h4-12H,3H2,1-2H3/q+1. The molecule has 21 heavy (non-hydrogen) atoms. The van der Waals surface area contributed by atoms with Crippen LogP contribution in [0.15, 0.2) is 54.9 Å². The lowest BCUT2D eigenvalue weighted by molar-refractivity contribution is -0.751. The number of ether oxygens (including phenoxy) is 1. The third kappa shape index (κ3) is 2.63. The third-order valence-electron chi connectivity index (χ3n) is 3.27. The van der Waals surface area contributed by atoms with Crippen molar-refractivity contribution in [2.24, 2.45) is 0 Å². The van der Waals surface area contributed by atoms with E-state index < -0.39 is 0 Å². The minimum absolute atomic E-state index is 0.809. The van der Waals surface area contributed by atoms with Crippen molar-refractivity contribution in [2.45, 2.75) is 13.5 Å². The summed E-state index contributed by atoms with van der Waals surface area (Å²) in [6.45, 7) is 2.87. The van der Waals surface area contributed by atoms with Crippen molar-refractivity contribution in [1.82, 2.24) is 14.9 Å². The van der Waals surface area contributed by atoms with Crippen molar-refractivity contribution >= 4 is 0 Å². The molecule has 2 aromatic heterocycles. The molecule has 0 unspecified atom stereocenters. The minimum atomic E-state index is 0.809. The first-order chi connectivity index (χ1) is 10.3. The number of rotatable bonds is 4. The van der Waals surface area contributed by atoms with Gasteiger partial charge in [-0.25, -0.2) is 0 Å². The van der Waals surface area contributed by atoms with Crippen LogP contribution in [0.4, 0.5) is 0 Å². The SMILES string of the molecule is CC[n+]1cc(-c2ccccn2)n(-c2ccc(OC)cc2)n1. The summed E-state index contributed by atoms with van der Waals surface area (Å²) in [6.07, 6.45) is 3.80. The molecule has 0 spiro atoms. The quantitative estimate of drug-likeness (QED) is 0.689. The highest BCUT2D eigenvalue weighted by molar-refractivity contribution is 5.55. The molecule has 3 rings (SSSR count). The highest BCUT2D eigenvalue weighted by Gasteiger charge is 2.19. The zero-order valence-electron chi connectivity index (χ0n) is 12.1. The van der Waals surface area contributed by atoms with E-state index in [9.17, 15) is 0 Å². The number of hydrogen-bond donors (Lipinski definition) is 0. The summed E-state index contributed by atoms with van der Waals surface area (Å²) in [5.74, 6) is 0.827. The predicted molar refractivity (Wildman–Crippen MR) is 79.2 cm³/mol. The fourth-order valence-electron chi connectivity index (χ4n) is 2.14. The topological polar surface area (TPSA) is 43.8 Å². The molecule has 3 aromatic rings. The lowest BCUT2D eigenvalue weighted by atomic mass is 10.2. The summed E-state index contributed by atoms with van der Waals surface area (Å²) in [5, 5.41) is 4.58. The molecule has 0 aliphatic rings. The van der Waals surface area contributed by atoms with E-state index in [1.165, 1.54) is 0 Å². The Morgan fingerprint density at radius 1 is 1.14 bits per heavy atom. The van der Waals surface area contributed by atoms with Crippen molar-refractivity contribution in [3.8, 4) is 22.8 Å². The Bertz CT molecular complexity index is 720. The van der Waals surface area contributed by atoms with Crippen LogP contribution >= 0.6 is 0 Å². The molecule has 0 radical (unpaired) electrons. The molecule has 1 aromatic carbocycles. The van der Waals surface area contributed by atoms with E-state index in [2.05, 4.69) is 17.1 Å². The molecule has 0 saturated heterocycles. The van der Waals surface area contributed by atoms with Crippen molar-refractivity contribution < 1.29 is 9.42 Å². The lowest BCUT2D eigenvalue weighted by Crippen LogP contribution is -2.34. The van der Waals surface area contributed by atoms with Gasteiger partial charge in [0.2, 0.25) is 5.69 Å². The van der Waals surface area contributed by atoms with Crippen LogP contribution in [-0.4, -0.2) is 22.0 Å². The van der Waals surface area contributed by atoms with Gasteiger partial charge in [0.25, 0.3) is 0 Å². The van der Waals surface area contributed by atoms with Gasteiger partial charge in [0, 0.05) is 6.20 Å². The molecule has 5 heteroatoms. The number of aryl methyl sites for hydroxylation is 1. The number of nitrogens with zero attached hydrogens (tertiary/aromatic N) is 4. The van der Waals surface area contributed by atoms with Crippen molar-refractivity contribution in [3.05, 3.63) is 54.9 Å². The van der Waals surface area contributed by atoms with E-state index in [0.29, 0.717) is 0 Å². The normalized spacial score (nSPS) is 10.6.